The Kier molecular flexibility index (Phi) is 6.40. The molecule has 0 saturated heterocycles. The van der Waals surface area contributed by atoms with Crippen molar-refractivity contribution in [3.8, 4) is 5.75 Å². The molecule has 2 unspecified atom stereocenters. The minimum absolute atomic E-state index is 0.0605. The van der Waals surface area contributed by atoms with E-state index >= 15 is 0 Å². The summed E-state index contributed by atoms with van der Waals surface area (Å²) in [7, 11) is 1.68. The number of methoxy groups -OCH3 is 1. The molecule has 3 nitrogen and oxygen atoms in total. The fourth-order valence-electron chi connectivity index (χ4n) is 2.05. The molecule has 0 saturated carbocycles. The average Bonchev–Trinajstić information content (AvgIpc) is 2.44. The molecular formula is C16H24O3. The van der Waals surface area contributed by atoms with Gasteiger partial charge in [0.1, 0.15) is 5.75 Å². The van der Waals surface area contributed by atoms with Gasteiger partial charge in [-0.1, -0.05) is 32.0 Å². The molecular weight excluding hydrogens is 240 g/mol. The number of hydrogen-bond donors (Lipinski definition) is 0. The maximum Gasteiger partial charge on any atom is 0.308 e. The Bertz CT molecular complexity index is 401. The molecule has 0 heterocycles. The highest BCUT2D eigenvalue weighted by Crippen LogP contribution is 2.24. The van der Waals surface area contributed by atoms with Gasteiger partial charge in [0.2, 0.25) is 0 Å². The summed E-state index contributed by atoms with van der Waals surface area (Å²) in [4.78, 5) is 11.7. The molecule has 0 aromatic heterocycles. The van der Waals surface area contributed by atoms with E-state index in [1.54, 1.807) is 7.11 Å². The predicted molar refractivity (Wildman–Crippen MR) is 76.3 cm³/mol. The van der Waals surface area contributed by atoms with Gasteiger partial charge in [-0.05, 0) is 37.3 Å². The molecule has 0 bridgehead atoms. The van der Waals surface area contributed by atoms with Crippen molar-refractivity contribution < 1.29 is 14.3 Å². The Morgan fingerprint density at radius 3 is 2.58 bits per heavy atom. The zero-order valence-electron chi connectivity index (χ0n) is 12.3. The highest BCUT2D eigenvalue weighted by atomic mass is 16.5. The van der Waals surface area contributed by atoms with Crippen LogP contribution >= 0.6 is 0 Å². The quantitative estimate of drug-likeness (QED) is 0.707. The van der Waals surface area contributed by atoms with Crippen LogP contribution in [0.25, 0.3) is 0 Å². The summed E-state index contributed by atoms with van der Waals surface area (Å²) in [5, 5.41) is 0. The first-order valence-electron chi connectivity index (χ1n) is 6.88. The number of hydrogen-bond acceptors (Lipinski definition) is 3. The molecule has 19 heavy (non-hydrogen) atoms. The molecule has 0 spiro atoms. The molecule has 0 aliphatic heterocycles. The monoisotopic (exact) mass is 264 g/mol. The zero-order valence-corrected chi connectivity index (χ0v) is 12.3. The molecule has 1 rings (SSSR count). The summed E-state index contributed by atoms with van der Waals surface area (Å²) < 4.78 is 10.4. The van der Waals surface area contributed by atoms with Crippen LogP contribution in [0.3, 0.4) is 0 Å². The van der Waals surface area contributed by atoms with Crippen molar-refractivity contribution in [2.24, 2.45) is 11.8 Å². The van der Waals surface area contributed by atoms with Crippen LogP contribution in [-0.4, -0.2) is 19.7 Å². The molecule has 106 valence electrons. The summed E-state index contributed by atoms with van der Waals surface area (Å²) in [6.07, 6.45) is 1.86. The van der Waals surface area contributed by atoms with E-state index in [0.717, 1.165) is 18.6 Å². The number of aryl methyl sites for hydroxylation is 1. The summed E-state index contributed by atoms with van der Waals surface area (Å²) in [6.45, 7) is 6.31. The van der Waals surface area contributed by atoms with Gasteiger partial charge in [0.15, 0.2) is 0 Å². The van der Waals surface area contributed by atoms with Crippen LogP contribution in [0.15, 0.2) is 24.3 Å². The molecule has 1 aromatic carbocycles. The fraction of sp³-hybridized carbons (Fsp3) is 0.562. The Morgan fingerprint density at radius 2 is 1.95 bits per heavy atom. The first-order valence-corrected chi connectivity index (χ1v) is 6.88. The van der Waals surface area contributed by atoms with Crippen LogP contribution in [0.1, 0.15) is 32.8 Å². The summed E-state index contributed by atoms with van der Waals surface area (Å²) in [5.74, 6) is 1.05. The number of esters is 1. The minimum atomic E-state index is -0.102. The first kappa shape index (κ1) is 15.5. The summed E-state index contributed by atoms with van der Waals surface area (Å²) in [5.41, 5.74) is 1.19. The predicted octanol–water partition coefficient (Wildman–Crippen LogP) is 3.46. The largest absolute Gasteiger partial charge is 0.496 e. The van der Waals surface area contributed by atoms with Crippen molar-refractivity contribution in [3.63, 3.8) is 0 Å². The van der Waals surface area contributed by atoms with Crippen LogP contribution in [-0.2, 0) is 16.0 Å². The highest BCUT2D eigenvalue weighted by Gasteiger charge is 2.21. The summed E-state index contributed by atoms with van der Waals surface area (Å²) in [6, 6.07) is 8.01. The van der Waals surface area contributed by atoms with Crippen molar-refractivity contribution in [1.82, 2.24) is 0 Å². The lowest BCUT2D eigenvalue weighted by atomic mass is 9.90. The van der Waals surface area contributed by atoms with Crippen molar-refractivity contribution in [1.29, 1.82) is 0 Å². The highest BCUT2D eigenvalue weighted by molar-refractivity contribution is 5.72. The van der Waals surface area contributed by atoms with E-state index in [4.69, 9.17) is 9.47 Å². The summed E-state index contributed by atoms with van der Waals surface area (Å²) >= 11 is 0. The van der Waals surface area contributed by atoms with Crippen molar-refractivity contribution in [2.45, 2.75) is 33.6 Å². The second-order valence-electron chi connectivity index (χ2n) is 4.87. The van der Waals surface area contributed by atoms with Crippen molar-refractivity contribution in [3.05, 3.63) is 29.8 Å². The molecule has 0 radical (unpaired) electrons. The number of ether oxygens (including phenoxy) is 2. The van der Waals surface area contributed by atoms with Gasteiger partial charge in [-0.2, -0.15) is 0 Å². The first-order chi connectivity index (χ1) is 9.10. The van der Waals surface area contributed by atoms with Gasteiger partial charge in [0.25, 0.3) is 0 Å². The standard InChI is InChI=1S/C16H24O3/c1-5-19-16(17)13(3)12(2)10-11-14-8-6-7-9-15(14)18-4/h6-9,12-13H,5,10-11H2,1-4H3. The molecule has 0 amide bonds. The van der Waals surface area contributed by atoms with Crippen LogP contribution < -0.4 is 4.74 Å². The Hall–Kier alpha value is -1.51. The number of carbonyl (C=O) groups is 1. The number of carbonyl (C=O) groups excluding carboxylic acids is 1. The normalized spacial score (nSPS) is 13.7. The van der Waals surface area contributed by atoms with E-state index in [1.165, 1.54) is 5.56 Å². The maximum atomic E-state index is 11.7. The average molecular weight is 264 g/mol. The smallest absolute Gasteiger partial charge is 0.308 e. The van der Waals surface area contributed by atoms with E-state index in [1.807, 2.05) is 32.0 Å². The lowest BCUT2D eigenvalue weighted by Crippen LogP contribution is -2.21. The second kappa shape index (κ2) is 7.82. The van der Waals surface area contributed by atoms with Crippen LogP contribution in [0.2, 0.25) is 0 Å². The fourth-order valence-corrected chi connectivity index (χ4v) is 2.05. The molecule has 1 aromatic rings. The lowest BCUT2D eigenvalue weighted by molar-refractivity contribution is -0.149. The van der Waals surface area contributed by atoms with Crippen molar-refractivity contribution >= 4 is 5.97 Å². The Balaban J connectivity index is 2.54. The Labute approximate surface area is 115 Å². The van der Waals surface area contributed by atoms with Gasteiger partial charge < -0.3 is 9.47 Å². The zero-order chi connectivity index (χ0) is 14.3. The van der Waals surface area contributed by atoms with Gasteiger partial charge in [0, 0.05) is 0 Å². The third-order valence-corrected chi connectivity index (χ3v) is 3.57. The van der Waals surface area contributed by atoms with Crippen LogP contribution in [0.5, 0.6) is 5.75 Å². The lowest BCUT2D eigenvalue weighted by Gasteiger charge is -2.18. The number of rotatable bonds is 7. The Morgan fingerprint density at radius 1 is 1.26 bits per heavy atom. The SMILES string of the molecule is CCOC(=O)C(C)C(C)CCc1ccccc1OC. The van der Waals surface area contributed by atoms with E-state index in [9.17, 15) is 4.79 Å². The molecule has 3 heteroatoms. The molecule has 0 aliphatic rings. The van der Waals surface area contributed by atoms with Gasteiger partial charge in [0.05, 0.1) is 19.6 Å². The van der Waals surface area contributed by atoms with Gasteiger partial charge in [-0.3, -0.25) is 4.79 Å². The number of para-hydroxylation sites is 1. The molecule has 0 fully saturated rings. The number of benzene rings is 1. The van der Waals surface area contributed by atoms with Crippen LogP contribution in [0, 0.1) is 11.8 Å². The minimum Gasteiger partial charge on any atom is -0.496 e. The van der Waals surface area contributed by atoms with Crippen LogP contribution in [0.4, 0.5) is 0 Å². The van der Waals surface area contributed by atoms with E-state index < -0.39 is 0 Å². The molecule has 0 aliphatic carbocycles. The third kappa shape index (κ3) is 4.58. The maximum absolute atomic E-state index is 11.7. The van der Waals surface area contributed by atoms with Gasteiger partial charge in [-0.15, -0.1) is 0 Å². The molecule has 2 atom stereocenters. The van der Waals surface area contributed by atoms with Gasteiger partial charge in [-0.25, -0.2) is 0 Å². The van der Waals surface area contributed by atoms with Crippen molar-refractivity contribution in [2.75, 3.05) is 13.7 Å². The third-order valence-electron chi connectivity index (χ3n) is 3.57. The van der Waals surface area contributed by atoms with E-state index in [2.05, 4.69) is 13.0 Å². The molecule has 0 N–H and O–H groups in total. The van der Waals surface area contributed by atoms with E-state index in [0.29, 0.717) is 12.5 Å². The topological polar surface area (TPSA) is 35.5 Å². The van der Waals surface area contributed by atoms with Gasteiger partial charge >= 0.3 is 5.97 Å². The van der Waals surface area contributed by atoms with E-state index in [-0.39, 0.29) is 11.9 Å². The second-order valence-corrected chi connectivity index (χ2v) is 4.87.